The summed E-state index contributed by atoms with van der Waals surface area (Å²) in [6, 6.07) is 25.6. The average Bonchev–Trinajstić information content (AvgIpc) is 3.49. The molecule has 0 amide bonds. The highest BCUT2D eigenvalue weighted by Gasteiger charge is 2.37. The maximum atomic E-state index is 13.6. The number of para-hydroxylation sites is 1. The summed E-state index contributed by atoms with van der Waals surface area (Å²) in [7, 11) is 1.64. The first-order valence-electron chi connectivity index (χ1n) is 12.0. The van der Waals surface area contributed by atoms with Crippen LogP contribution in [0.3, 0.4) is 0 Å². The lowest BCUT2D eigenvalue weighted by atomic mass is 10.0. The number of aromatic nitrogens is 5. The van der Waals surface area contributed by atoms with Crippen molar-refractivity contribution < 1.29 is 4.74 Å². The molecule has 1 aliphatic heterocycles. The van der Waals surface area contributed by atoms with Crippen molar-refractivity contribution in [1.29, 1.82) is 0 Å². The fourth-order valence-corrected chi connectivity index (χ4v) is 5.20. The van der Waals surface area contributed by atoms with Crippen molar-refractivity contribution in [2.24, 2.45) is 0 Å². The molecule has 2 atom stereocenters. The number of nitrogens with one attached hydrogen (secondary N) is 1. The van der Waals surface area contributed by atoms with Crippen LogP contribution in [0, 0.1) is 0 Å². The van der Waals surface area contributed by atoms with Gasteiger partial charge in [-0.25, -0.2) is 4.68 Å². The van der Waals surface area contributed by atoms with Gasteiger partial charge in [-0.2, -0.15) is 0 Å². The van der Waals surface area contributed by atoms with Gasteiger partial charge in [0.25, 0.3) is 5.56 Å². The Morgan fingerprint density at radius 3 is 2.69 bits per heavy atom. The highest BCUT2D eigenvalue weighted by Crippen LogP contribution is 2.40. The Bertz CT molecular complexity index is 1590. The van der Waals surface area contributed by atoms with E-state index >= 15 is 0 Å². The van der Waals surface area contributed by atoms with E-state index in [0.29, 0.717) is 17.9 Å². The van der Waals surface area contributed by atoms with Gasteiger partial charge in [0.2, 0.25) is 0 Å². The van der Waals surface area contributed by atoms with Gasteiger partial charge < -0.3 is 14.6 Å². The van der Waals surface area contributed by atoms with Crippen LogP contribution in [0.1, 0.15) is 35.5 Å². The Hall–Kier alpha value is -4.46. The zero-order valence-electron chi connectivity index (χ0n) is 20.1. The van der Waals surface area contributed by atoms with E-state index in [1.165, 1.54) is 5.56 Å². The van der Waals surface area contributed by atoms with Crippen molar-refractivity contribution in [2.45, 2.75) is 32.0 Å². The fourth-order valence-electron chi connectivity index (χ4n) is 5.20. The van der Waals surface area contributed by atoms with Crippen LogP contribution < -0.4 is 15.2 Å². The Balaban J connectivity index is 1.55. The van der Waals surface area contributed by atoms with Gasteiger partial charge in [-0.15, -0.1) is 5.10 Å². The van der Waals surface area contributed by atoms with E-state index in [4.69, 9.17) is 4.74 Å². The van der Waals surface area contributed by atoms with Crippen molar-refractivity contribution in [1.82, 2.24) is 25.2 Å². The van der Waals surface area contributed by atoms with Crippen LogP contribution in [0.25, 0.3) is 10.9 Å². The Kier molecular flexibility index (Phi) is 5.48. The summed E-state index contributed by atoms with van der Waals surface area (Å²) in [5.41, 5.74) is 4.59. The molecule has 2 aromatic heterocycles. The summed E-state index contributed by atoms with van der Waals surface area (Å²) in [4.78, 5) is 18.9. The molecule has 6 rings (SSSR count). The molecule has 8 heteroatoms. The molecule has 0 unspecified atom stereocenters. The van der Waals surface area contributed by atoms with Gasteiger partial charge in [0.1, 0.15) is 11.8 Å². The highest BCUT2D eigenvalue weighted by molar-refractivity contribution is 5.81. The third-order valence-corrected chi connectivity index (χ3v) is 6.89. The molecular formula is C28H26N6O2. The molecule has 1 N–H and O–H groups in total. The van der Waals surface area contributed by atoms with Gasteiger partial charge in [0.05, 0.1) is 13.7 Å². The van der Waals surface area contributed by atoms with Crippen LogP contribution in [-0.2, 0) is 13.0 Å². The number of benzene rings is 3. The molecule has 0 fully saturated rings. The minimum Gasteiger partial charge on any atom is -0.497 e. The third-order valence-electron chi connectivity index (χ3n) is 6.89. The monoisotopic (exact) mass is 478 g/mol. The van der Waals surface area contributed by atoms with E-state index in [0.717, 1.165) is 34.3 Å². The molecule has 3 aromatic carbocycles. The van der Waals surface area contributed by atoms with Crippen LogP contribution in [0.4, 0.5) is 5.69 Å². The summed E-state index contributed by atoms with van der Waals surface area (Å²) in [5, 5.41) is 13.7. The predicted octanol–water partition coefficient (Wildman–Crippen LogP) is 4.11. The molecular weight excluding hydrogens is 452 g/mol. The number of fused-ring (bicyclic) bond motifs is 2. The molecule has 0 radical (unpaired) electrons. The highest BCUT2D eigenvalue weighted by atomic mass is 16.5. The first kappa shape index (κ1) is 22.0. The number of pyridine rings is 1. The van der Waals surface area contributed by atoms with Crippen molar-refractivity contribution >= 4 is 16.6 Å². The number of rotatable bonds is 6. The van der Waals surface area contributed by atoms with Gasteiger partial charge in [-0.05, 0) is 65.2 Å². The van der Waals surface area contributed by atoms with E-state index in [9.17, 15) is 4.79 Å². The molecule has 0 saturated heterocycles. The molecule has 0 aliphatic carbocycles. The Morgan fingerprint density at radius 2 is 1.86 bits per heavy atom. The lowest BCUT2D eigenvalue weighted by Gasteiger charge is -2.33. The first-order valence-corrected chi connectivity index (χ1v) is 12.0. The summed E-state index contributed by atoms with van der Waals surface area (Å²) >= 11 is 0. The summed E-state index contributed by atoms with van der Waals surface area (Å²) in [5.74, 6) is 1.35. The van der Waals surface area contributed by atoms with Crippen molar-refractivity contribution in [2.75, 3.05) is 12.0 Å². The fraction of sp³-hybridized carbons (Fsp3) is 0.214. The summed E-state index contributed by atoms with van der Waals surface area (Å²) in [6.07, 6.45) is 0.881. The van der Waals surface area contributed by atoms with Crippen molar-refractivity contribution in [3.8, 4) is 5.75 Å². The molecule has 0 bridgehead atoms. The van der Waals surface area contributed by atoms with Gasteiger partial charge >= 0.3 is 0 Å². The minimum atomic E-state index is -0.485. The quantitative estimate of drug-likeness (QED) is 0.395. The van der Waals surface area contributed by atoms with Gasteiger partial charge in [0.15, 0.2) is 5.82 Å². The number of anilines is 1. The number of ether oxygens (including phenoxy) is 1. The van der Waals surface area contributed by atoms with Crippen LogP contribution in [0.15, 0.2) is 83.7 Å². The number of methoxy groups -OCH3 is 1. The Labute approximate surface area is 208 Å². The number of hydrogen-bond donors (Lipinski definition) is 1. The summed E-state index contributed by atoms with van der Waals surface area (Å²) in [6.45, 7) is 2.68. The van der Waals surface area contributed by atoms with Gasteiger partial charge in [-0.3, -0.25) is 4.79 Å². The molecule has 0 spiro atoms. The van der Waals surface area contributed by atoms with Crippen molar-refractivity contribution in [3.63, 3.8) is 0 Å². The van der Waals surface area contributed by atoms with E-state index in [1.54, 1.807) is 11.8 Å². The van der Waals surface area contributed by atoms with Crippen LogP contribution in [-0.4, -0.2) is 38.3 Å². The lowest BCUT2D eigenvalue weighted by Crippen LogP contribution is -2.38. The second-order valence-electron chi connectivity index (χ2n) is 9.18. The van der Waals surface area contributed by atoms with E-state index in [1.807, 2.05) is 60.7 Å². The maximum Gasteiger partial charge on any atom is 0.254 e. The van der Waals surface area contributed by atoms with Crippen LogP contribution in [0.2, 0.25) is 0 Å². The number of hydrogen-bond acceptors (Lipinski definition) is 6. The second kappa shape index (κ2) is 8.96. The zero-order chi connectivity index (χ0) is 24.6. The molecule has 0 saturated carbocycles. The SMILES string of the molecule is COc1ccc2[nH]c(=O)c([C@H](c3nnnn3Cc3ccccc3)N3c4ccccc4C[C@H]3C)cc2c1. The topological polar surface area (TPSA) is 88.9 Å². The molecule has 8 nitrogen and oxygen atoms in total. The molecule has 3 heterocycles. The standard InChI is InChI=1S/C28H26N6O2/c1-18-14-20-10-6-7-11-25(20)34(18)26(27-30-31-32-33(27)17-19-8-4-3-5-9-19)23-16-21-15-22(36-2)12-13-24(21)29-28(23)35/h3-13,15-16,18,26H,14,17H2,1-2H3,(H,29,35)/t18-,26-/m1/s1. The van der Waals surface area contributed by atoms with E-state index < -0.39 is 6.04 Å². The zero-order valence-corrected chi connectivity index (χ0v) is 20.1. The van der Waals surface area contributed by atoms with Crippen molar-refractivity contribution in [3.05, 3.63) is 112 Å². The average molecular weight is 479 g/mol. The lowest BCUT2D eigenvalue weighted by molar-refractivity contribution is 0.415. The predicted molar refractivity (Wildman–Crippen MR) is 138 cm³/mol. The molecule has 1 aliphatic rings. The normalized spacial score (nSPS) is 15.7. The van der Waals surface area contributed by atoms with Crippen LogP contribution in [0.5, 0.6) is 5.75 Å². The number of nitrogens with zero attached hydrogens (tertiary/aromatic N) is 5. The number of aromatic amines is 1. The maximum absolute atomic E-state index is 13.6. The minimum absolute atomic E-state index is 0.148. The Morgan fingerprint density at radius 1 is 1.06 bits per heavy atom. The molecule has 5 aromatic rings. The smallest absolute Gasteiger partial charge is 0.254 e. The number of tetrazole rings is 1. The summed E-state index contributed by atoms with van der Waals surface area (Å²) < 4.78 is 7.23. The van der Waals surface area contributed by atoms with E-state index in [-0.39, 0.29) is 11.6 Å². The largest absolute Gasteiger partial charge is 0.497 e. The van der Waals surface area contributed by atoms with Gasteiger partial charge in [-0.1, -0.05) is 48.5 Å². The second-order valence-corrected chi connectivity index (χ2v) is 9.18. The molecule has 180 valence electrons. The number of H-pyrrole nitrogens is 1. The molecule has 36 heavy (non-hydrogen) atoms. The third kappa shape index (κ3) is 3.80. The first-order chi connectivity index (χ1) is 17.6. The van der Waals surface area contributed by atoms with Crippen LogP contribution >= 0.6 is 0 Å². The van der Waals surface area contributed by atoms with E-state index in [2.05, 4.69) is 50.5 Å². The van der Waals surface area contributed by atoms with Gasteiger partial charge in [0, 0.05) is 28.2 Å².